The predicted octanol–water partition coefficient (Wildman–Crippen LogP) is 4.80. The van der Waals surface area contributed by atoms with Crippen molar-refractivity contribution in [3.05, 3.63) is 84.4 Å². The minimum absolute atomic E-state index is 0. The van der Waals surface area contributed by atoms with Gasteiger partial charge in [0, 0.05) is 38.3 Å². The molecule has 0 amide bonds. The summed E-state index contributed by atoms with van der Waals surface area (Å²) >= 11 is 0. The maximum atomic E-state index is 5.45. The number of anilines is 1. The summed E-state index contributed by atoms with van der Waals surface area (Å²) in [7, 11) is 0. The highest BCUT2D eigenvalue weighted by molar-refractivity contribution is 14.0. The van der Waals surface area contributed by atoms with Gasteiger partial charge in [0.25, 0.3) is 0 Å². The minimum atomic E-state index is 0. The lowest BCUT2D eigenvalue weighted by Crippen LogP contribution is -2.49. The van der Waals surface area contributed by atoms with Crippen LogP contribution >= 0.6 is 24.0 Å². The molecule has 1 aliphatic rings. The molecule has 1 unspecified atom stereocenters. The second-order valence-corrected chi connectivity index (χ2v) is 7.93. The van der Waals surface area contributed by atoms with Crippen molar-refractivity contribution in [3.63, 3.8) is 0 Å². The van der Waals surface area contributed by atoms with Crippen LogP contribution in [0.4, 0.5) is 5.82 Å². The molecule has 0 saturated carbocycles. The molecule has 0 bridgehead atoms. The molecule has 0 radical (unpaired) electrons. The number of pyridine rings is 1. The Morgan fingerprint density at radius 3 is 2.56 bits per heavy atom. The molecule has 32 heavy (non-hydrogen) atoms. The number of hydrogen-bond acceptors (Lipinski definition) is 4. The first-order valence-corrected chi connectivity index (χ1v) is 11.1. The number of aliphatic imine (C=N–C) groups is 1. The minimum Gasteiger partial charge on any atom is -0.469 e. The van der Waals surface area contributed by atoms with Gasteiger partial charge in [-0.05, 0) is 49.6 Å². The molecule has 1 aromatic carbocycles. The van der Waals surface area contributed by atoms with Gasteiger partial charge in [-0.25, -0.2) is 4.98 Å². The average Bonchev–Trinajstić information content (AvgIpc) is 3.34. The summed E-state index contributed by atoms with van der Waals surface area (Å²) in [6.07, 6.45) is 6.46. The first-order valence-electron chi connectivity index (χ1n) is 11.1. The summed E-state index contributed by atoms with van der Waals surface area (Å²) in [5.74, 6) is 2.88. The second kappa shape index (κ2) is 12.5. The van der Waals surface area contributed by atoms with E-state index >= 15 is 0 Å². The molecule has 6 nitrogen and oxygen atoms in total. The maximum absolute atomic E-state index is 5.45. The molecule has 7 heteroatoms. The van der Waals surface area contributed by atoms with Crippen molar-refractivity contribution in [2.75, 3.05) is 24.5 Å². The zero-order chi connectivity index (χ0) is 21.3. The predicted molar refractivity (Wildman–Crippen MR) is 141 cm³/mol. The molecule has 3 aromatic rings. The number of nitrogens with one attached hydrogen (secondary N) is 2. The normalized spacial score (nSPS) is 15.7. The van der Waals surface area contributed by atoms with E-state index in [1.54, 1.807) is 6.26 Å². The number of rotatable bonds is 7. The number of nitrogens with zero attached hydrogens (tertiary/aromatic N) is 3. The maximum Gasteiger partial charge on any atom is 0.191 e. The van der Waals surface area contributed by atoms with Crippen molar-refractivity contribution < 1.29 is 4.42 Å². The van der Waals surface area contributed by atoms with Crippen molar-refractivity contribution >= 4 is 35.8 Å². The van der Waals surface area contributed by atoms with E-state index in [1.165, 1.54) is 5.56 Å². The summed E-state index contributed by atoms with van der Waals surface area (Å²) in [5, 5.41) is 7.26. The summed E-state index contributed by atoms with van der Waals surface area (Å²) in [5.41, 5.74) is 1.24. The van der Waals surface area contributed by atoms with E-state index in [-0.39, 0.29) is 30.0 Å². The Morgan fingerprint density at radius 2 is 1.88 bits per heavy atom. The van der Waals surface area contributed by atoms with Gasteiger partial charge in [0.05, 0.1) is 12.3 Å². The lowest BCUT2D eigenvalue weighted by Gasteiger charge is -2.34. The van der Waals surface area contributed by atoms with Crippen LogP contribution in [0.3, 0.4) is 0 Å². The highest BCUT2D eigenvalue weighted by atomic mass is 127. The number of hydrogen-bond donors (Lipinski definition) is 2. The van der Waals surface area contributed by atoms with Gasteiger partial charge in [-0.2, -0.15) is 0 Å². The highest BCUT2D eigenvalue weighted by Gasteiger charge is 2.21. The molecule has 2 aromatic heterocycles. The van der Waals surface area contributed by atoms with Crippen LogP contribution < -0.4 is 15.5 Å². The standard InChI is InChI=1S/C25H31N5O.HI/c1-20(21-8-3-2-4-9-21)28-25(27-16-12-23-10-7-19-31-23)29-22-13-17-30(18-14-22)24-11-5-6-15-26-24;/h2-11,15,19-20,22H,12-14,16-18H2,1H3,(H2,27,28,29);1H. The topological polar surface area (TPSA) is 65.7 Å². The third-order valence-electron chi connectivity index (χ3n) is 5.67. The molecule has 1 aliphatic heterocycles. The Hall–Kier alpha value is -2.55. The molecular formula is C25H32IN5O. The molecule has 3 heterocycles. The van der Waals surface area contributed by atoms with Gasteiger partial charge in [-0.1, -0.05) is 36.4 Å². The lowest BCUT2D eigenvalue weighted by molar-refractivity contribution is 0.456. The van der Waals surface area contributed by atoms with Crippen LogP contribution in [0, 0.1) is 0 Å². The largest absolute Gasteiger partial charge is 0.469 e. The van der Waals surface area contributed by atoms with Gasteiger partial charge in [0.15, 0.2) is 5.96 Å². The van der Waals surface area contributed by atoms with Crippen molar-refractivity contribution in [1.82, 2.24) is 15.6 Å². The van der Waals surface area contributed by atoms with Crippen LogP contribution in [0.1, 0.15) is 37.1 Å². The summed E-state index contributed by atoms with van der Waals surface area (Å²) in [6, 6.07) is 21.0. The van der Waals surface area contributed by atoms with Gasteiger partial charge >= 0.3 is 0 Å². The fourth-order valence-electron chi connectivity index (χ4n) is 3.88. The van der Waals surface area contributed by atoms with Gasteiger partial charge in [0.1, 0.15) is 11.6 Å². The number of guanidine groups is 1. The number of halogens is 1. The van der Waals surface area contributed by atoms with E-state index in [2.05, 4.69) is 57.8 Å². The van der Waals surface area contributed by atoms with Crippen LogP contribution in [-0.2, 0) is 6.42 Å². The monoisotopic (exact) mass is 545 g/mol. The Bertz CT molecular complexity index is 925. The van der Waals surface area contributed by atoms with Crippen LogP contribution in [-0.4, -0.2) is 36.6 Å². The Kier molecular flexibility index (Phi) is 9.40. The van der Waals surface area contributed by atoms with Crippen LogP contribution in [0.5, 0.6) is 0 Å². The molecule has 1 atom stereocenters. The number of benzene rings is 1. The van der Waals surface area contributed by atoms with Crippen molar-refractivity contribution in [1.29, 1.82) is 0 Å². The summed E-state index contributed by atoms with van der Waals surface area (Å²) in [4.78, 5) is 11.7. The Balaban J connectivity index is 0.00000289. The zero-order valence-electron chi connectivity index (χ0n) is 18.5. The lowest BCUT2D eigenvalue weighted by atomic mass is 10.0. The number of furan rings is 1. The molecule has 4 rings (SSSR count). The van der Waals surface area contributed by atoms with E-state index < -0.39 is 0 Å². The Labute approximate surface area is 207 Å². The third-order valence-corrected chi connectivity index (χ3v) is 5.67. The van der Waals surface area contributed by atoms with E-state index in [0.29, 0.717) is 12.6 Å². The second-order valence-electron chi connectivity index (χ2n) is 7.93. The van der Waals surface area contributed by atoms with E-state index in [1.807, 2.05) is 36.5 Å². The molecule has 1 fully saturated rings. The van der Waals surface area contributed by atoms with Gasteiger partial charge in [0.2, 0.25) is 0 Å². The SMILES string of the molecule is CC(NC(=NCCc1ccco1)NC1CCN(c2ccccn2)CC1)c1ccccc1.I. The molecule has 0 spiro atoms. The van der Waals surface area contributed by atoms with Gasteiger partial charge in [-0.15, -0.1) is 24.0 Å². The van der Waals surface area contributed by atoms with Crippen molar-refractivity contribution in [2.24, 2.45) is 4.99 Å². The average molecular weight is 545 g/mol. The van der Waals surface area contributed by atoms with Crippen LogP contribution in [0.2, 0.25) is 0 Å². The molecule has 2 N–H and O–H groups in total. The first kappa shape index (κ1) is 24.1. The third kappa shape index (κ3) is 6.98. The number of aromatic nitrogens is 1. The first-order chi connectivity index (χ1) is 15.3. The van der Waals surface area contributed by atoms with Gasteiger partial charge in [-0.3, -0.25) is 4.99 Å². The summed E-state index contributed by atoms with van der Waals surface area (Å²) < 4.78 is 5.45. The summed E-state index contributed by atoms with van der Waals surface area (Å²) in [6.45, 7) is 4.82. The number of piperidine rings is 1. The molecule has 170 valence electrons. The molecule has 1 saturated heterocycles. The van der Waals surface area contributed by atoms with E-state index in [4.69, 9.17) is 9.41 Å². The van der Waals surface area contributed by atoms with Crippen LogP contribution in [0.15, 0.2) is 82.5 Å². The van der Waals surface area contributed by atoms with E-state index in [9.17, 15) is 0 Å². The molecule has 0 aliphatic carbocycles. The van der Waals surface area contributed by atoms with Crippen LogP contribution in [0.25, 0.3) is 0 Å². The fraction of sp³-hybridized carbons (Fsp3) is 0.360. The van der Waals surface area contributed by atoms with E-state index in [0.717, 1.165) is 49.9 Å². The van der Waals surface area contributed by atoms with Crippen molar-refractivity contribution in [3.8, 4) is 0 Å². The highest BCUT2D eigenvalue weighted by Crippen LogP contribution is 2.17. The van der Waals surface area contributed by atoms with Crippen molar-refractivity contribution in [2.45, 2.75) is 38.3 Å². The van der Waals surface area contributed by atoms with Gasteiger partial charge < -0.3 is 20.0 Å². The Morgan fingerprint density at radius 1 is 1.09 bits per heavy atom. The zero-order valence-corrected chi connectivity index (χ0v) is 20.8. The quantitative estimate of drug-likeness (QED) is 0.254. The molecular weight excluding hydrogens is 513 g/mol. The smallest absolute Gasteiger partial charge is 0.191 e. The fourth-order valence-corrected chi connectivity index (χ4v) is 3.88.